The summed E-state index contributed by atoms with van der Waals surface area (Å²) < 4.78 is 7.02. The molecule has 0 spiro atoms. The van der Waals surface area contributed by atoms with Gasteiger partial charge in [-0.2, -0.15) is 0 Å². The molecule has 7 heteroatoms. The van der Waals surface area contributed by atoms with E-state index in [1.54, 1.807) is 22.8 Å². The molecule has 1 aromatic rings. The van der Waals surface area contributed by atoms with E-state index in [1.807, 2.05) is 0 Å². The van der Waals surface area contributed by atoms with Gasteiger partial charge < -0.3 is 19.3 Å². The summed E-state index contributed by atoms with van der Waals surface area (Å²) >= 11 is 0. The second-order valence-electron chi connectivity index (χ2n) is 5.68. The highest BCUT2D eigenvalue weighted by Gasteiger charge is 2.37. The highest BCUT2D eigenvalue weighted by atomic mass is 16.5. The van der Waals surface area contributed by atoms with Crippen LogP contribution in [0.3, 0.4) is 0 Å². The van der Waals surface area contributed by atoms with Crippen LogP contribution >= 0.6 is 0 Å². The summed E-state index contributed by atoms with van der Waals surface area (Å²) in [7, 11) is 1.79. The molecule has 0 bridgehead atoms. The van der Waals surface area contributed by atoms with Crippen molar-refractivity contribution >= 4 is 11.9 Å². The average molecular weight is 293 g/mol. The molecule has 21 heavy (non-hydrogen) atoms. The monoisotopic (exact) mass is 293 g/mol. The smallest absolute Gasteiger partial charge is 0.314 e. The number of aryl methyl sites for hydroxylation is 1. The fourth-order valence-corrected chi connectivity index (χ4v) is 3.17. The standard InChI is InChI=1S/C14H19N3O4/c1-16-8-15-11-7-17(6-10(12(11)16)14(19)20)13(18)9-2-4-21-5-3-9/h8-10H,2-7H2,1H3,(H,19,20). The Hall–Kier alpha value is -1.89. The first-order chi connectivity index (χ1) is 10.1. The molecule has 1 atom stereocenters. The summed E-state index contributed by atoms with van der Waals surface area (Å²) in [6, 6.07) is 0. The predicted molar refractivity (Wildman–Crippen MR) is 72.5 cm³/mol. The molecule has 1 saturated heterocycles. The number of hydrogen-bond acceptors (Lipinski definition) is 4. The number of carbonyl (C=O) groups excluding carboxylic acids is 1. The summed E-state index contributed by atoms with van der Waals surface area (Å²) in [5.41, 5.74) is 1.40. The molecule has 7 nitrogen and oxygen atoms in total. The van der Waals surface area contributed by atoms with Crippen molar-refractivity contribution in [1.82, 2.24) is 14.5 Å². The van der Waals surface area contributed by atoms with Gasteiger partial charge in [-0.1, -0.05) is 0 Å². The van der Waals surface area contributed by atoms with E-state index in [9.17, 15) is 14.7 Å². The zero-order valence-electron chi connectivity index (χ0n) is 12.0. The Morgan fingerprint density at radius 2 is 2.10 bits per heavy atom. The number of carboxylic acid groups (broad SMARTS) is 1. The Balaban J connectivity index is 1.82. The van der Waals surface area contributed by atoms with Gasteiger partial charge in [0.15, 0.2) is 0 Å². The molecule has 114 valence electrons. The molecule has 2 aliphatic rings. The van der Waals surface area contributed by atoms with Crippen molar-refractivity contribution in [2.45, 2.75) is 25.3 Å². The third-order valence-electron chi connectivity index (χ3n) is 4.32. The minimum atomic E-state index is -0.913. The predicted octanol–water partition coefficient (Wildman–Crippen LogP) is 0.357. The van der Waals surface area contributed by atoms with E-state index in [-0.39, 0.29) is 18.4 Å². The van der Waals surface area contributed by atoms with Crippen molar-refractivity contribution in [3.8, 4) is 0 Å². The zero-order valence-corrected chi connectivity index (χ0v) is 12.0. The lowest BCUT2D eigenvalue weighted by Crippen LogP contribution is -2.44. The average Bonchev–Trinajstić information content (AvgIpc) is 2.88. The van der Waals surface area contributed by atoms with Crippen molar-refractivity contribution in [2.24, 2.45) is 13.0 Å². The van der Waals surface area contributed by atoms with Crippen LogP contribution < -0.4 is 0 Å². The van der Waals surface area contributed by atoms with E-state index in [0.29, 0.717) is 44.0 Å². The lowest BCUT2D eigenvalue weighted by molar-refractivity contribution is -0.144. The molecular formula is C14H19N3O4. The Morgan fingerprint density at radius 1 is 1.38 bits per heavy atom. The summed E-state index contributed by atoms with van der Waals surface area (Å²) in [5.74, 6) is -1.64. The van der Waals surface area contributed by atoms with Crippen molar-refractivity contribution in [2.75, 3.05) is 19.8 Å². The molecule has 0 aliphatic carbocycles. The van der Waals surface area contributed by atoms with Gasteiger partial charge in [0.1, 0.15) is 5.92 Å². The van der Waals surface area contributed by atoms with Gasteiger partial charge in [0.05, 0.1) is 24.3 Å². The quantitative estimate of drug-likeness (QED) is 0.851. The van der Waals surface area contributed by atoms with Crippen molar-refractivity contribution < 1.29 is 19.4 Å². The minimum absolute atomic E-state index is 0.0286. The highest BCUT2D eigenvalue weighted by molar-refractivity contribution is 5.82. The second-order valence-corrected chi connectivity index (χ2v) is 5.68. The van der Waals surface area contributed by atoms with Crippen LogP contribution in [-0.2, 0) is 27.9 Å². The summed E-state index contributed by atoms with van der Waals surface area (Å²) in [6.07, 6.45) is 3.04. The lowest BCUT2D eigenvalue weighted by atomic mass is 9.94. The van der Waals surface area contributed by atoms with Gasteiger partial charge in [-0.15, -0.1) is 0 Å². The number of fused-ring (bicyclic) bond motifs is 1. The van der Waals surface area contributed by atoms with Gasteiger partial charge in [0.2, 0.25) is 5.91 Å². The number of carbonyl (C=O) groups is 2. The molecule has 3 rings (SSSR count). The van der Waals surface area contributed by atoms with E-state index in [2.05, 4.69) is 4.98 Å². The van der Waals surface area contributed by atoms with Crippen LogP contribution in [0.5, 0.6) is 0 Å². The van der Waals surface area contributed by atoms with Gasteiger partial charge in [0, 0.05) is 32.7 Å². The molecule has 3 heterocycles. The number of aromatic nitrogens is 2. The number of amides is 1. The van der Waals surface area contributed by atoms with Crippen LogP contribution in [0.1, 0.15) is 30.1 Å². The fourth-order valence-electron chi connectivity index (χ4n) is 3.17. The van der Waals surface area contributed by atoms with Crippen LogP contribution in [0.15, 0.2) is 6.33 Å². The molecule has 1 amide bonds. The molecule has 0 radical (unpaired) electrons. The van der Waals surface area contributed by atoms with Gasteiger partial charge in [-0.25, -0.2) is 4.98 Å². The number of aliphatic carboxylic acids is 1. The van der Waals surface area contributed by atoms with Crippen LogP contribution in [0.2, 0.25) is 0 Å². The molecule has 1 aromatic heterocycles. The first kappa shape index (κ1) is 14.1. The van der Waals surface area contributed by atoms with Gasteiger partial charge >= 0.3 is 5.97 Å². The maximum atomic E-state index is 12.6. The van der Waals surface area contributed by atoms with Crippen molar-refractivity contribution in [3.05, 3.63) is 17.7 Å². The first-order valence-electron chi connectivity index (χ1n) is 7.17. The van der Waals surface area contributed by atoms with Gasteiger partial charge in [-0.05, 0) is 12.8 Å². The van der Waals surface area contributed by atoms with Crippen LogP contribution in [0, 0.1) is 5.92 Å². The van der Waals surface area contributed by atoms with Crippen LogP contribution in [-0.4, -0.2) is 51.2 Å². The number of ether oxygens (including phenoxy) is 1. The van der Waals surface area contributed by atoms with E-state index in [4.69, 9.17) is 4.74 Å². The fraction of sp³-hybridized carbons (Fsp3) is 0.643. The second kappa shape index (κ2) is 5.48. The summed E-state index contributed by atoms with van der Waals surface area (Å²) in [4.78, 5) is 30.0. The Kier molecular flexibility index (Phi) is 3.67. The highest BCUT2D eigenvalue weighted by Crippen LogP contribution is 2.29. The van der Waals surface area contributed by atoms with Crippen LogP contribution in [0.4, 0.5) is 0 Å². The maximum Gasteiger partial charge on any atom is 0.314 e. The molecule has 1 N–H and O–H groups in total. The van der Waals surface area contributed by atoms with E-state index in [1.165, 1.54) is 0 Å². The molecule has 0 saturated carbocycles. The number of imidazole rings is 1. The number of rotatable bonds is 2. The molecule has 2 aliphatic heterocycles. The molecule has 0 aromatic carbocycles. The van der Waals surface area contributed by atoms with Gasteiger partial charge in [-0.3, -0.25) is 9.59 Å². The Bertz CT molecular complexity index is 563. The third-order valence-corrected chi connectivity index (χ3v) is 4.32. The summed E-state index contributed by atoms with van der Waals surface area (Å²) in [5, 5.41) is 9.44. The summed E-state index contributed by atoms with van der Waals surface area (Å²) in [6.45, 7) is 1.82. The van der Waals surface area contributed by atoms with E-state index < -0.39 is 11.9 Å². The topological polar surface area (TPSA) is 84.7 Å². The van der Waals surface area contributed by atoms with Crippen LogP contribution in [0.25, 0.3) is 0 Å². The zero-order chi connectivity index (χ0) is 15.0. The van der Waals surface area contributed by atoms with Gasteiger partial charge in [0.25, 0.3) is 0 Å². The molecular weight excluding hydrogens is 274 g/mol. The lowest BCUT2D eigenvalue weighted by Gasteiger charge is -2.34. The number of hydrogen-bond donors (Lipinski definition) is 1. The van der Waals surface area contributed by atoms with E-state index >= 15 is 0 Å². The Labute approximate surface area is 122 Å². The van der Waals surface area contributed by atoms with Crippen molar-refractivity contribution in [1.29, 1.82) is 0 Å². The SMILES string of the molecule is Cn1cnc2c1C(C(=O)O)CN(C(=O)C1CCOCC1)C2. The number of carboxylic acids is 1. The normalized spacial score (nSPS) is 22.9. The minimum Gasteiger partial charge on any atom is -0.481 e. The van der Waals surface area contributed by atoms with E-state index in [0.717, 1.165) is 0 Å². The largest absolute Gasteiger partial charge is 0.481 e. The molecule has 1 fully saturated rings. The van der Waals surface area contributed by atoms with Crippen molar-refractivity contribution in [3.63, 3.8) is 0 Å². The number of nitrogens with zero attached hydrogens (tertiary/aromatic N) is 3. The Morgan fingerprint density at radius 3 is 2.76 bits per heavy atom. The maximum absolute atomic E-state index is 12.6. The first-order valence-corrected chi connectivity index (χ1v) is 7.17. The third kappa shape index (κ3) is 2.53. The molecule has 1 unspecified atom stereocenters.